The average molecular weight is 671 g/mol. The lowest BCUT2D eigenvalue weighted by atomic mass is 9.95. The Kier molecular flexibility index (Phi) is 13.3. The number of carbonyl (C=O) groups is 3. The fraction of sp³-hybridized carbons (Fsp3) is 0.395. The predicted molar refractivity (Wildman–Crippen MR) is 190 cm³/mol. The third-order valence-electron chi connectivity index (χ3n) is 7.84. The molecule has 2 amide bonds. The van der Waals surface area contributed by atoms with Gasteiger partial charge in [0.15, 0.2) is 5.82 Å². The van der Waals surface area contributed by atoms with E-state index in [1.165, 1.54) is 37.0 Å². The number of nitrogens with zero attached hydrogens (tertiary/aromatic N) is 2. The van der Waals surface area contributed by atoms with E-state index in [1.807, 2.05) is 54.6 Å². The number of carboxylic acid groups (broad SMARTS) is 1. The first-order chi connectivity index (χ1) is 23.0. The summed E-state index contributed by atoms with van der Waals surface area (Å²) in [5.74, 6) is -0.382. The molecule has 4 rings (SSSR count). The molecule has 0 aliphatic rings. The van der Waals surface area contributed by atoms with Crippen LogP contribution in [-0.2, 0) is 21.4 Å². The lowest BCUT2D eigenvalue weighted by molar-refractivity contribution is -0.137. The van der Waals surface area contributed by atoms with Gasteiger partial charge in [0.1, 0.15) is 11.8 Å². The molecule has 0 fully saturated rings. The molecule has 1 unspecified atom stereocenters. The van der Waals surface area contributed by atoms with Crippen LogP contribution in [0.4, 0.5) is 0 Å². The average Bonchev–Trinajstić information content (AvgIpc) is 3.59. The van der Waals surface area contributed by atoms with Crippen molar-refractivity contribution in [2.75, 3.05) is 13.2 Å². The zero-order valence-corrected chi connectivity index (χ0v) is 29.1. The van der Waals surface area contributed by atoms with Gasteiger partial charge in [0.05, 0.1) is 17.9 Å². The molecule has 0 saturated carbocycles. The molecule has 0 radical (unpaired) electrons. The molecule has 2 aromatic heterocycles. The number of hydrogen-bond acceptors (Lipinski definition) is 7. The van der Waals surface area contributed by atoms with Crippen molar-refractivity contribution >= 4 is 29.1 Å². The van der Waals surface area contributed by atoms with E-state index in [9.17, 15) is 14.4 Å². The van der Waals surface area contributed by atoms with Crippen molar-refractivity contribution < 1.29 is 24.2 Å². The van der Waals surface area contributed by atoms with Gasteiger partial charge >= 0.3 is 5.97 Å². The summed E-state index contributed by atoms with van der Waals surface area (Å²) in [6.07, 6.45) is 9.62. The Labute approximate surface area is 287 Å². The van der Waals surface area contributed by atoms with Gasteiger partial charge in [-0.25, -0.2) is 9.97 Å². The molecule has 4 aromatic rings. The summed E-state index contributed by atoms with van der Waals surface area (Å²) in [6.45, 7) is 9.14. The minimum Gasteiger partial charge on any atom is -0.494 e. The first-order valence-corrected chi connectivity index (χ1v) is 17.4. The number of carboxylic acids is 1. The third-order valence-corrected chi connectivity index (χ3v) is 9.35. The fourth-order valence-corrected chi connectivity index (χ4v) is 5.98. The lowest BCUT2D eigenvalue weighted by Gasteiger charge is -2.19. The van der Waals surface area contributed by atoms with Crippen LogP contribution in [0.1, 0.15) is 86.3 Å². The Morgan fingerprint density at radius 1 is 0.854 bits per heavy atom. The highest BCUT2D eigenvalue weighted by molar-refractivity contribution is 7.14. The molecule has 0 aliphatic carbocycles. The fourth-order valence-electron chi connectivity index (χ4n) is 5.01. The number of benzene rings is 2. The van der Waals surface area contributed by atoms with Crippen LogP contribution in [0.3, 0.4) is 0 Å². The molecule has 0 saturated heterocycles. The Morgan fingerprint density at radius 3 is 2.15 bits per heavy atom. The van der Waals surface area contributed by atoms with Crippen LogP contribution in [0.25, 0.3) is 22.5 Å². The molecule has 254 valence electrons. The standard InChI is InChI=1S/C38H46N4O5S/c1-5-6-7-8-9-22-47-30-16-14-27(15-17-30)29-24-40-35(41-25-29)28-12-10-26(11-13-28)23-31(36(45)39-21-20-34(43)44)42-37(46)32-18-19-33(48-32)38(2,3)4/h10-19,24-25,31H,5-9,20-23H2,1-4H3,(H,39,45)(H,42,46)(H,43,44). The molecule has 0 spiro atoms. The number of rotatable bonds is 17. The second kappa shape index (κ2) is 17.5. The number of ether oxygens (including phenoxy) is 1. The van der Waals surface area contributed by atoms with Crippen molar-refractivity contribution in [2.45, 2.75) is 84.1 Å². The maximum absolute atomic E-state index is 13.1. The molecule has 1 atom stereocenters. The summed E-state index contributed by atoms with van der Waals surface area (Å²) < 4.78 is 5.88. The van der Waals surface area contributed by atoms with Gasteiger partial charge in [-0.2, -0.15) is 0 Å². The van der Waals surface area contributed by atoms with E-state index in [4.69, 9.17) is 9.84 Å². The highest BCUT2D eigenvalue weighted by Gasteiger charge is 2.24. The summed E-state index contributed by atoms with van der Waals surface area (Å²) in [5.41, 5.74) is 3.43. The zero-order valence-electron chi connectivity index (χ0n) is 28.3. The van der Waals surface area contributed by atoms with Gasteiger partial charge in [0.25, 0.3) is 5.91 Å². The van der Waals surface area contributed by atoms with Gasteiger partial charge in [0, 0.05) is 41.4 Å². The van der Waals surface area contributed by atoms with E-state index < -0.39 is 17.9 Å². The number of carbonyl (C=O) groups excluding carboxylic acids is 2. The predicted octanol–water partition coefficient (Wildman–Crippen LogP) is 7.45. The summed E-state index contributed by atoms with van der Waals surface area (Å²) >= 11 is 1.39. The minimum absolute atomic E-state index is 0.0307. The summed E-state index contributed by atoms with van der Waals surface area (Å²) in [7, 11) is 0. The van der Waals surface area contributed by atoms with E-state index in [0.717, 1.165) is 45.9 Å². The van der Waals surface area contributed by atoms with Crippen LogP contribution in [0, 0.1) is 0 Å². The topological polar surface area (TPSA) is 131 Å². The largest absolute Gasteiger partial charge is 0.494 e. The minimum atomic E-state index is -1.01. The van der Waals surface area contributed by atoms with Crippen LogP contribution in [0.2, 0.25) is 0 Å². The number of aromatic nitrogens is 2. The molecular formula is C38H46N4O5S. The smallest absolute Gasteiger partial charge is 0.305 e. The van der Waals surface area contributed by atoms with Crippen LogP contribution in [0.15, 0.2) is 73.1 Å². The first-order valence-electron chi connectivity index (χ1n) is 16.6. The van der Waals surface area contributed by atoms with Gasteiger partial charge < -0.3 is 20.5 Å². The molecule has 48 heavy (non-hydrogen) atoms. The molecule has 3 N–H and O–H groups in total. The lowest BCUT2D eigenvalue weighted by Crippen LogP contribution is -2.48. The molecular weight excluding hydrogens is 625 g/mol. The van der Waals surface area contributed by atoms with E-state index in [-0.39, 0.29) is 30.7 Å². The Bertz CT molecular complexity index is 1630. The van der Waals surface area contributed by atoms with Crippen molar-refractivity contribution in [3.05, 3.63) is 88.4 Å². The van der Waals surface area contributed by atoms with Crippen molar-refractivity contribution in [3.63, 3.8) is 0 Å². The van der Waals surface area contributed by atoms with Crippen molar-refractivity contribution in [2.24, 2.45) is 0 Å². The van der Waals surface area contributed by atoms with Crippen LogP contribution < -0.4 is 15.4 Å². The van der Waals surface area contributed by atoms with Crippen molar-refractivity contribution in [3.8, 4) is 28.3 Å². The number of amides is 2. The number of thiophene rings is 1. The van der Waals surface area contributed by atoms with Crippen LogP contribution in [0.5, 0.6) is 5.75 Å². The number of unbranched alkanes of at least 4 members (excludes halogenated alkanes) is 4. The molecule has 10 heteroatoms. The van der Waals surface area contributed by atoms with Gasteiger partial charge in [-0.15, -0.1) is 11.3 Å². The maximum atomic E-state index is 13.1. The molecule has 2 heterocycles. The number of aliphatic carboxylic acids is 1. The summed E-state index contributed by atoms with van der Waals surface area (Å²) in [5, 5.41) is 14.5. The van der Waals surface area contributed by atoms with E-state index >= 15 is 0 Å². The molecule has 0 bridgehead atoms. The highest BCUT2D eigenvalue weighted by Crippen LogP contribution is 2.29. The van der Waals surface area contributed by atoms with Crippen molar-refractivity contribution in [1.29, 1.82) is 0 Å². The number of hydrogen-bond donors (Lipinski definition) is 3. The zero-order chi connectivity index (χ0) is 34.5. The van der Waals surface area contributed by atoms with Crippen molar-refractivity contribution in [1.82, 2.24) is 20.6 Å². The van der Waals surface area contributed by atoms with Gasteiger partial charge in [0.2, 0.25) is 5.91 Å². The molecule has 2 aromatic carbocycles. The summed E-state index contributed by atoms with van der Waals surface area (Å²) in [4.78, 5) is 47.9. The Balaban J connectivity index is 1.38. The third kappa shape index (κ3) is 11.0. The van der Waals surface area contributed by atoms with E-state index in [0.29, 0.717) is 10.7 Å². The maximum Gasteiger partial charge on any atom is 0.305 e. The van der Waals surface area contributed by atoms with E-state index in [1.54, 1.807) is 18.5 Å². The summed E-state index contributed by atoms with van der Waals surface area (Å²) in [6, 6.07) is 18.3. The second-order valence-electron chi connectivity index (χ2n) is 12.9. The molecule has 9 nitrogen and oxygen atoms in total. The van der Waals surface area contributed by atoms with Crippen LogP contribution in [-0.4, -0.2) is 52.1 Å². The Hall–Kier alpha value is -4.57. The number of nitrogens with one attached hydrogen (secondary N) is 2. The quantitative estimate of drug-likeness (QED) is 0.0995. The van der Waals surface area contributed by atoms with Gasteiger partial charge in [-0.3, -0.25) is 14.4 Å². The van der Waals surface area contributed by atoms with Crippen LogP contribution >= 0.6 is 11.3 Å². The molecule has 0 aliphatic heterocycles. The SMILES string of the molecule is CCCCCCCOc1ccc(-c2cnc(-c3ccc(CC(NC(=O)c4ccc(C(C)(C)C)s4)C(=O)NCCC(=O)O)cc3)nc2)cc1. The second-order valence-corrected chi connectivity index (χ2v) is 13.9. The normalized spacial score (nSPS) is 11.9. The van der Waals surface area contributed by atoms with Gasteiger partial charge in [-0.1, -0.05) is 89.8 Å². The monoisotopic (exact) mass is 670 g/mol. The first kappa shape index (κ1) is 36.3. The van der Waals surface area contributed by atoms with E-state index in [2.05, 4.69) is 48.3 Å². The highest BCUT2D eigenvalue weighted by atomic mass is 32.1. The Morgan fingerprint density at radius 2 is 1.52 bits per heavy atom. The van der Waals surface area contributed by atoms with Gasteiger partial charge in [-0.05, 0) is 47.2 Å².